The summed E-state index contributed by atoms with van der Waals surface area (Å²) in [5.74, 6) is -1.38. The fourth-order valence-electron chi connectivity index (χ4n) is 6.95. The lowest BCUT2D eigenvalue weighted by Crippen LogP contribution is -2.34. The normalized spacial score (nSPS) is 24.6. The highest BCUT2D eigenvalue weighted by molar-refractivity contribution is 6.06. The van der Waals surface area contributed by atoms with Crippen LogP contribution in [0.15, 0.2) is 53.1 Å². The average Bonchev–Trinajstić information content (AvgIpc) is 3.47. The lowest BCUT2D eigenvalue weighted by atomic mass is 9.69. The van der Waals surface area contributed by atoms with Gasteiger partial charge in [0.1, 0.15) is 5.75 Å². The average molecular weight is 546 g/mol. The number of unbranched alkanes of at least 4 members (excludes halogenated alkanes) is 2. The van der Waals surface area contributed by atoms with Gasteiger partial charge in [-0.15, -0.1) is 0 Å². The molecule has 5 rings (SSSR count). The van der Waals surface area contributed by atoms with Crippen molar-refractivity contribution in [2.24, 2.45) is 17.8 Å². The molecule has 2 aromatic rings. The number of allylic oxidation sites excluding steroid dienone is 2. The first-order chi connectivity index (χ1) is 19.3. The van der Waals surface area contributed by atoms with E-state index in [1.807, 2.05) is 30.3 Å². The van der Waals surface area contributed by atoms with E-state index in [-0.39, 0.29) is 47.8 Å². The zero-order chi connectivity index (χ0) is 28.4. The largest absolute Gasteiger partial charge is 0.507 e. The van der Waals surface area contributed by atoms with Crippen LogP contribution in [-0.2, 0) is 19.1 Å². The number of hydrogen-bond acceptors (Lipinski definition) is 5. The van der Waals surface area contributed by atoms with Crippen LogP contribution >= 0.6 is 0 Å². The molecule has 212 valence electrons. The molecule has 0 radical (unpaired) electrons. The van der Waals surface area contributed by atoms with E-state index < -0.39 is 5.97 Å². The number of aliphatic carboxylic acids is 1. The van der Waals surface area contributed by atoms with E-state index in [2.05, 4.69) is 19.9 Å². The monoisotopic (exact) mass is 545 g/mol. The van der Waals surface area contributed by atoms with Gasteiger partial charge in [0, 0.05) is 24.3 Å². The number of carbonyl (C=O) groups excluding carboxylic acids is 2. The minimum atomic E-state index is -0.819. The number of amides is 2. The molecule has 3 aliphatic rings. The van der Waals surface area contributed by atoms with Crippen molar-refractivity contribution < 1.29 is 29.3 Å². The molecule has 0 spiro atoms. The van der Waals surface area contributed by atoms with Gasteiger partial charge in [0.15, 0.2) is 0 Å². The van der Waals surface area contributed by atoms with Gasteiger partial charge in [-0.05, 0) is 68.0 Å². The zero-order valence-electron chi connectivity index (χ0n) is 23.4. The molecule has 2 saturated heterocycles. The quantitative estimate of drug-likeness (QED) is 0.201. The summed E-state index contributed by atoms with van der Waals surface area (Å²) in [5, 5.41) is 20.9. The highest BCUT2D eigenvalue weighted by Crippen LogP contribution is 2.50. The number of phenols is 1. The molecule has 40 heavy (non-hydrogen) atoms. The second kappa shape index (κ2) is 12.0. The van der Waals surface area contributed by atoms with Crippen LogP contribution in [0, 0.1) is 17.8 Å². The van der Waals surface area contributed by atoms with Crippen molar-refractivity contribution in [2.75, 3.05) is 13.2 Å². The first-order valence-electron chi connectivity index (χ1n) is 14.6. The summed E-state index contributed by atoms with van der Waals surface area (Å²) in [6.45, 7) is 5.08. The summed E-state index contributed by atoms with van der Waals surface area (Å²) in [5.41, 5.74) is 4.81. The number of carboxylic acid groups (broad SMARTS) is 1. The Morgan fingerprint density at radius 2 is 1.80 bits per heavy atom. The van der Waals surface area contributed by atoms with Crippen molar-refractivity contribution in [2.45, 2.75) is 71.3 Å². The lowest BCUT2D eigenvalue weighted by Gasteiger charge is -2.31. The van der Waals surface area contributed by atoms with Gasteiger partial charge in [-0.3, -0.25) is 19.3 Å². The number of ether oxygens (including phenoxy) is 1. The molecule has 0 aromatic heterocycles. The van der Waals surface area contributed by atoms with E-state index in [1.54, 1.807) is 6.07 Å². The molecule has 4 atom stereocenters. The molecule has 7 heteroatoms. The fourth-order valence-corrected chi connectivity index (χ4v) is 6.95. The number of rotatable bonds is 11. The summed E-state index contributed by atoms with van der Waals surface area (Å²) >= 11 is 0. The topological polar surface area (TPSA) is 104 Å². The minimum absolute atomic E-state index is 0.0440. The number of carbonyl (C=O) groups is 3. The van der Waals surface area contributed by atoms with Gasteiger partial charge in [-0.1, -0.05) is 60.9 Å². The first-order valence-corrected chi connectivity index (χ1v) is 14.6. The maximum absolute atomic E-state index is 13.5. The molecule has 0 unspecified atom stereocenters. The van der Waals surface area contributed by atoms with E-state index in [4.69, 9.17) is 9.84 Å². The molecular formula is C33H39NO6. The van der Waals surface area contributed by atoms with Gasteiger partial charge in [-0.2, -0.15) is 0 Å². The Bertz CT molecular complexity index is 1370. The highest BCUT2D eigenvalue weighted by Gasteiger charge is 2.56. The van der Waals surface area contributed by atoms with Crippen molar-refractivity contribution >= 4 is 34.6 Å². The van der Waals surface area contributed by atoms with Gasteiger partial charge >= 0.3 is 5.97 Å². The minimum Gasteiger partial charge on any atom is -0.507 e. The number of hydrogen-bond donors (Lipinski definition) is 2. The van der Waals surface area contributed by atoms with Gasteiger partial charge in [-0.25, -0.2) is 0 Å². The third kappa shape index (κ3) is 5.44. The number of carboxylic acids is 1. The molecule has 2 aromatic carbocycles. The van der Waals surface area contributed by atoms with Gasteiger partial charge < -0.3 is 14.9 Å². The third-order valence-corrected chi connectivity index (χ3v) is 8.94. The van der Waals surface area contributed by atoms with Crippen LogP contribution in [-0.4, -0.2) is 52.2 Å². The van der Waals surface area contributed by atoms with E-state index in [1.165, 1.54) is 21.6 Å². The molecule has 0 saturated carbocycles. The standard InChI is InChI=1S/C33H39NO6/c1-3-21-18-25-31(33(39)34(32(25)38)16-8-4-5-11-29(36)37)26-19-40-28(30(21)26)15-12-20(2)17-22-13-14-27(35)24-10-7-6-9-23(22)24/h6-7,9-10,13-14,17,25-26,28,31,35H,3-5,8,11-12,15-16,18-19H2,1-2H3,(H,36,37)/b20-17+/t25-,26+,28-,31-/m1/s1. The van der Waals surface area contributed by atoms with Gasteiger partial charge in [0.2, 0.25) is 11.8 Å². The molecule has 0 bridgehead atoms. The van der Waals surface area contributed by atoms with E-state index in [0.29, 0.717) is 38.8 Å². The predicted octanol–water partition coefficient (Wildman–Crippen LogP) is 6.10. The molecular weight excluding hydrogens is 506 g/mol. The van der Waals surface area contributed by atoms with Crippen molar-refractivity contribution in [1.29, 1.82) is 0 Å². The first kappa shape index (κ1) is 28.1. The van der Waals surface area contributed by atoms with Crippen molar-refractivity contribution in [3.05, 3.63) is 58.7 Å². The molecule has 2 N–H and O–H groups in total. The van der Waals surface area contributed by atoms with E-state index in [9.17, 15) is 19.5 Å². The number of imide groups is 1. The summed E-state index contributed by atoms with van der Waals surface area (Å²) < 4.78 is 6.33. The van der Waals surface area contributed by atoms with Crippen LogP contribution in [0.25, 0.3) is 16.8 Å². The van der Waals surface area contributed by atoms with Crippen molar-refractivity contribution in [3.8, 4) is 5.75 Å². The Morgan fingerprint density at radius 1 is 1.02 bits per heavy atom. The van der Waals surface area contributed by atoms with E-state index in [0.717, 1.165) is 35.6 Å². The Morgan fingerprint density at radius 3 is 2.55 bits per heavy atom. The molecule has 2 fully saturated rings. The Kier molecular flexibility index (Phi) is 8.40. The predicted molar refractivity (Wildman–Crippen MR) is 153 cm³/mol. The van der Waals surface area contributed by atoms with Crippen LogP contribution in [0.4, 0.5) is 0 Å². The summed E-state index contributed by atoms with van der Waals surface area (Å²) in [6, 6.07) is 11.5. The number of aromatic hydroxyl groups is 1. The van der Waals surface area contributed by atoms with Crippen molar-refractivity contribution in [3.63, 3.8) is 0 Å². The second-order valence-corrected chi connectivity index (χ2v) is 11.5. The Hall–Kier alpha value is -3.45. The van der Waals surface area contributed by atoms with Crippen LogP contribution in [0.3, 0.4) is 0 Å². The smallest absolute Gasteiger partial charge is 0.303 e. The summed E-state index contributed by atoms with van der Waals surface area (Å²) in [7, 11) is 0. The van der Waals surface area contributed by atoms with Crippen LogP contribution < -0.4 is 0 Å². The number of fused-ring (bicyclic) bond motifs is 4. The molecule has 2 aliphatic heterocycles. The van der Waals surface area contributed by atoms with Crippen LogP contribution in [0.1, 0.15) is 70.8 Å². The number of benzene rings is 2. The lowest BCUT2D eigenvalue weighted by molar-refractivity contribution is -0.141. The Labute approximate surface area is 235 Å². The molecule has 7 nitrogen and oxygen atoms in total. The van der Waals surface area contributed by atoms with Gasteiger partial charge in [0.05, 0.1) is 24.5 Å². The summed E-state index contributed by atoms with van der Waals surface area (Å²) in [4.78, 5) is 39.0. The van der Waals surface area contributed by atoms with Crippen molar-refractivity contribution in [1.82, 2.24) is 4.90 Å². The second-order valence-electron chi connectivity index (χ2n) is 11.5. The number of phenolic OH excluding ortho intramolecular Hbond substituents is 1. The summed E-state index contributed by atoms with van der Waals surface area (Å²) in [6.07, 6.45) is 7.25. The molecule has 2 amide bonds. The number of nitrogens with zero attached hydrogens (tertiary/aromatic N) is 1. The van der Waals surface area contributed by atoms with Gasteiger partial charge in [0.25, 0.3) is 0 Å². The number of likely N-dealkylation sites (tertiary alicyclic amines) is 1. The maximum Gasteiger partial charge on any atom is 0.303 e. The molecule has 2 heterocycles. The SMILES string of the molecule is CCC1=C2[C@@H](CC/C(C)=C/c3ccc(O)c4ccccc34)OC[C@@H]2[C@@H]2C(=O)N(CCCCCC(=O)O)C(=O)[C@@H]2C1. The van der Waals surface area contributed by atoms with Crippen LogP contribution in [0.5, 0.6) is 5.75 Å². The van der Waals surface area contributed by atoms with E-state index >= 15 is 0 Å². The maximum atomic E-state index is 13.5. The fraction of sp³-hybridized carbons (Fsp3) is 0.485. The highest BCUT2D eigenvalue weighted by atomic mass is 16.5. The van der Waals surface area contributed by atoms with Crippen LogP contribution in [0.2, 0.25) is 0 Å². The Balaban J connectivity index is 1.26. The zero-order valence-corrected chi connectivity index (χ0v) is 23.4. The molecule has 1 aliphatic carbocycles. The third-order valence-electron chi connectivity index (χ3n) is 8.94.